The normalized spacial score (nSPS) is 24.8. The topological polar surface area (TPSA) is 98.5 Å². The number of rotatable bonds is 7. The van der Waals surface area contributed by atoms with Crippen LogP contribution in [0.25, 0.3) is 22.2 Å². The average molecular weight is 568 g/mol. The summed E-state index contributed by atoms with van der Waals surface area (Å²) in [5.74, 6) is 1.07. The number of aromatic nitrogens is 3. The van der Waals surface area contributed by atoms with Gasteiger partial charge in [-0.2, -0.15) is 15.2 Å². The smallest absolute Gasteiger partial charge is 0.319 e. The van der Waals surface area contributed by atoms with Crippen LogP contribution < -0.4 is 9.64 Å². The summed E-state index contributed by atoms with van der Waals surface area (Å²) in [5, 5.41) is 9.96. The highest BCUT2D eigenvalue weighted by Gasteiger charge is 2.46. The van der Waals surface area contributed by atoms with Gasteiger partial charge in [0.05, 0.1) is 23.9 Å². The molecule has 3 fully saturated rings. The highest BCUT2D eigenvalue weighted by molar-refractivity contribution is 5.93. The third-order valence-electron chi connectivity index (χ3n) is 9.54. The quantitative estimate of drug-likeness (QED) is 0.394. The minimum Gasteiger partial charge on any atom is -0.462 e. The third kappa shape index (κ3) is 4.56. The molecule has 1 saturated carbocycles. The van der Waals surface area contributed by atoms with Gasteiger partial charge in [0.2, 0.25) is 5.91 Å². The van der Waals surface area contributed by atoms with Crippen molar-refractivity contribution in [2.75, 3.05) is 44.7 Å². The molecule has 1 amide bonds. The lowest BCUT2D eigenvalue weighted by Crippen LogP contribution is -2.55. The molecule has 0 radical (unpaired) electrons. The molecule has 10 heteroatoms. The lowest BCUT2D eigenvalue weighted by molar-refractivity contribution is -0.128. The summed E-state index contributed by atoms with van der Waals surface area (Å²) in [7, 11) is 2.08. The second kappa shape index (κ2) is 10.6. The third-order valence-corrected chi connectivity index (χ3v) is 9.54. The van der Waals surface area contributed by atoms with Gasteiger partial charge in [-0.05, 0) is 68.3 Å². The minimum absolute atomic E-state index is 0.120. The summed E-state index contributed by atoms with van der Waals surface area (Å²) >= 11 is 0. The highest BCUT2D eigenvalue weighted by Crippen LogP contribution is 2.57. The summed E-state index contributed by atoms with van der Waals surface area (Å²) < 4.78 is 22.7. The second-order valence-electron chi connectivity index (χ2n) is 12.0. The zero-order valence-electron chi connectivity index (χ0n) is 23.8. The fourth-order valence-electron chi connectivity index (χ4n) is 7.13. The van der Waals surface area contributed by atoms with E-state index in [0.717, 1.165) is 31.4 Å². The molecule has 216 valence electrons. The number of nitriles is 1. The Hall–Kier alpha value is -4.10. The number of ether oxygens (including phenoxy) is 1. The van der Waals surface area contributed by atoms with Crippen LogP contribution in [0.3, 0.4) is 0 Å². The Morgan fingerprint density at radius 3 is 2.93 bits per heavy atom. The Labute approximate surface area is 244 Å². The van der Waals surface area contributed by atoms with Crippen LogP contribution in [0.2, 0.25) is 0 Å². The van der Waals surface area contributed by atoms with Crippen LogP contribution in [0, 0.1) is 23.1 Å². The number of anilines is 1. The van der Waals surface area contributed by atoms with E-state index in [-0.39, 0.29) is 35.9 Å². The van der Waals surface area contributed by atoms with Crippen LogP contribution in [0.1, 0.15) is 42.7 Å². The SMILES string of the molecule is C=CC(=O)N1CCN(c2nc(OC[C@@H]3CCCN3C)nc3c(F)c(-c4cccc5c4C[C@@H]4C[C@H]54)ncc23)C[C@@H]1CC#N. The van der Waals surface area contributed by atoms with Gasteiger partial charge in [-0.25, -0.2) is 4.39 Å². The van der Waals surface area contributed by atoms with Gasteiger partial charge in [-0.15, -0.1) is 0 Å². The first kappa shape index (κ1) is 26.8. The van der Waals surface area contributed by atoms with Crippen molar-refractivity contribution in [2.45, 2.75) is 50.1 Å². The molecule has 4 atom stereocenters. The van der Waals surface area contributed by atoms with E-state index in [9.17, 15) is 10.1 Å². The number of carbonyl (C=O) groups is 1. The van der Waals surface area contributed by atoms with Crippen molar-refractivity contribution in [1.29, 1.82) is 5.26 Å². The fourth-order valence-corrected chi connectivity index (χ4v) is 7.13. The number of benzene rings is 1. The molecule has 2 aliphatic carbocycles. The fraction of sp³-hybridized carbons (Fsp3) is 0.469. The number of fused-ring (bicyclic) bond motifs is 4. The average Bonchev–Trinajstić information content (AvgIpc) is 3.50. The predicted octanol–water partition coefficient (Wildman–Crippen LogP) is 4.08. The van der Waals surface area contributed by atoms with Gasteiger partial charge in [0.1, 0.15) is 23.6 Å². The summed E-state index contributed by atoms with van der Waals surface area (Å²) in [6, 6.07) is 8.32. The van der Waals surface area contributed by atoms with Gasteiger partial charge in [-0.3, -0.25) is 9.78 Å². The number of hydrogen-bond donors (Lipinski definition) is 0. The molecule has 2 saturated heterocycles. The van der Waals surface area contributed by atoms with Crippen LogP contribution in [-0.4, -0.2) is 82.6 Å². The van der Waals surface area contributed by atoms with Gasteiger partial charge in [0.25, 0.3) is 0 Å². The van der Waals surface area contributed by atoms with Crippen molar-refractivity contribution >= 4 is 22.6 Å². The first-order chi connectivity index (χ1) is 20.5. The maximum atomic E-state index is 16.5. The zero-order valence-corrected chi connectivity index (χ0v) is 23.8. The largest absolute Gasteiger partial charge is 0.462 e. The summed E-state index contributed by atoms with van der Waals surface area (Å²) in [4.78, 5) is 32.4. The molecule has 9 nitrogen and oxygen atoms in total. The molecular weight excluding hydrogens is 533 g/mol. The number of pyridine rings is 1. The van der Waals surface area contributed by atoms with Crippen molar-refractivity contribution < 1.29 is 13.9 Å². The molecule has 42 heavy (non-hydrogen) atoms. The molecule has 1 aromatic carbocycles. The van der Waals surface area contributed by atoms with Crippen LogP contribution >= 0.6 is 0 Å². The number of nitrogens with zero attached hydrogens (tertiary/aromatic N) is 7. The van der Waals surface area contributed by atoms with Gasteiger partial charge >= 0.3 is 6.01 Å². The molecule has 3 aromatic rings. The van der Waals surface area contributed by atoms with E-state index in [0.29, 0.717) is 55.0 Å². The van der Waals surface area contributed by atoms with Crippen molar-refractivity contribution in [1.82, 2.24) is 24.8 Å². The first-order valence-corrected chi connectivity index (χ1v) is 14.8. The molecular formula is C32H34FN7O2. The van der Waals surface area contributed by atoms with Crippen molar-refractivity contribution in [3.63, 3.8) is 0 Å². The minimum atomic E-state index is -0.484. The van der Waals surface area contributed by atoms with E-state index in [1.165, 1.54) is 23.6 Å². The molecule has 0 spiro atoms. The Morgan fingerprint density at radius 1 is 1.26 bits per heavy atom. The van der Waals surface area contributed by atoms with E-state index >= 15 is 4.39 Å². The van der Waals surface area contributed by atoms with Crippen LogP contribution in [-0.2, 0) is 11.2 Å². The van der Waals surface area contributed by atoms with E-state index in [1.54, 1.807) is 11.1 Å². The van der Waals surface area contributed by atoms with Crippen LogP contribution in [0.15, 0.2) is 37.1 Å². The van der Waals surface area contributed by atoms with Crippen molar-refractivity contribution in [3.8, 4) is 23.3 Å². The van der Waals surface area contributed by atoms with E-state index in [4.69, 9.17) is 9.72 Å². The van der Waals surface area contributed by atoms with Gasteiger partial charge in [-0.1, -0.05) is 24.8 Å². The van der Waals surface area contributed by atoms with E-state index in [1.807, 2.05) is 17.0 Å². The summed E-state index contributed by atoms with van der Waals surface area (Å²) in [5.41, 5.74) is 3.82. The van der Waals surface area contributed by atoms with Crippen LogP contribution in [0.4, 0.5) is 10.2 Å². The van der Waals surface area contributed by atoms with Gasteiger partial charge in [0, 0.05) is 37.4 Å². The van der Waals surface area contributed by atoms with Gasteiger partial charge in [0.15, 0.2) is 5.82 Å². The second-order valence-corrected chi connectivity index (χ2v) is 12.0. The summed E-state index contributed by atoms with van der Waals surface area (Å²) in [6.07, 6.45) is 7.40. The van der Waals surface area contributed by atoms with Crippen molar-refractivity contribution in [3.05, 3.63) is 54.0 Å². The number of halogens is 1. The van der Waals surface area contributed by atoms with Crippen molar-refractivity contribution in [2.24, 2.45) is 5.92 Å². The summed E-state index contributed by atoms with van der Waals surface area (Å²) in [6.45, 7) is 6.24. The number of hydrogen-bond acceptors (Lipinski definition) is 8. The maximum absolute atomic E-state index is 16.5. The Kier molecular flexibility index (Phi) is 6.77. The Balaban J connectivity index is 1.29. The first-order valence-electron chi connectivity index (χ1n) is 14.8. The molecule has 4 aliphatic rings. The van der Waals surface area contributed by atoms with E-state index in [2.05, 4.69) is 40.6 Å². The lowest BCUT2D eigenvalue weighted by Gasteiger charge is -2.41. The predicted molar refractivity (Wildman–Crippen MR) is 157 cm³/mol. The molecule has 0 bridgehead atoms. The zero-order chi connectivity index (χ0) is 29.0. The standard InChI is InChI=1S/C32H34FN7O2/c1-3-27(41)40-13-12-39(17-20(40)9-10-34)31-26-16-35-29(23-8-4-7-22-24-14-19(24)15-25(22)23)28(33)30(26)36-32(37-31)42-18-21-6-5-11-38(21)2/h3-4,7-8,16,19-21,24H,1,5-6,9,11-15,17-18H2,2H3/t19-,20-,21-,24-/m0/s1. The van der Waals surface area contributed by atoms with Crippen LogP contribution in [0.5, 0.6) is 6.01 Å². The monoisotopic (exact) mass is 567 g/mol. The number of piperazine rings is 1. The number of carbonyl (C=O) groups excluding carboxylic acids is 1. The molecule has 0 unspecified atom stereocenters. The van der Waals surface area contributed by atoms with Gasteiger partial charge < -0.3 is 19.4 Å². The number of likely N-dealkylation sites (tertiary alicyclic amines) is 1. The number of likely N-dealkylation sites (N-methyl/N-ethyl adjacent to an activating group) is 1. The Morgan fingerprint density at radius 2 is 2.14 bits per heavy atom. The molecule has 2 aliphatic heterocycles. The van der Waals surface area contributed by atoms with E-state index < -0.39 is 5.82 Å². The molecule has 0 N–H and O–H groups in total. The molecule has 2 aromatic heterocycles. The highest BCUT2D eigenvalue weighted by atomic mass is 19.1. The number of amides is 1. The molecule has 4 heterocycles. The lowest BCUT2D eigenvalue weighted by atomic mass is 9.96. The molecule has 7 rings (SSSR count). The maximum Gasteiger partial charge on any atom is 0.319 e. The Bertz CT molecular complexity index is 1620.